The number of benzene rings is 2. The zero-order valence-electron chi connectivity index (χ0n) is 17.0. The molecule has 0 amide bonds. The van der Waals surface area contributed by atoms with Gasteiger partial charge in [0, 0.05) is 37.1 Å². The second kappa shape index (κ2) is 10.9. The molecule has 3 aromatic rings. The Morgan fingerprint density at radius 2 is 1.90 bits per heavy atom. The number of rotatable bonds is 5. The summed E-state index contributed by atoms with van der Waals surface area (Å²) in [6, 6.07) is 14.1. The molecule has 0 radical (unpaired) electrons. The van der Waals surface area contributed by atoms with E-state index < -0.39 is 11.6 Å². The minimum atomic E-state index is -0.531. The molecule has 4 rings (SSSR count). The second-order valence-corrected chi connectivity index (χ2v) is 8.01. The first-order chi connectivity index (χ1) is 14.6. The molecule has 0 bridgehead atoms. The number of anilines is 1. The van der Waals surface area contributed by atoms with Crippen LogP contribution in [-0.2, 0) is 6.54 Å². The first-order valence-corrected chi connectivity index (χ1v) is 10.7. The first-order valence-electron chi connectivity index (χ1n) is 9.80. The van der Waals surface area contributed by atoms with Gasteiger partial charge in [-0.3, -0.25) is 4.99 Å². The standard InChI is InChI=1S/C22H23F2N5S.HI/c1-25-22(26-12-20-28-19(14-30-20)15-6-3-2-4-7-15)27-16-10-11-29(13-16)21-17(23)8-5-9-18(21)24;/h2-9,14,16H,10-13H2,1H3,(H2,25,26,27);1H. The van der Waals surface area contributed by atoms with Crippen LogP contribution in [-0.4, -0.2) is 37.1 Å². The number of hydrogen-bond donors (Lipinski definition) is 2. The Labute approximate surface area is 201 Å². The van der Waals surface area contributed by atoms with E-state index in [0.29, 0.717) is 25.6 Å². The summed E-state index contributed by atoms with van der Waals surface area (Å²) in [5.74, 6) is -0.417. The highest BCUT2D eigenvalue weighted by atomic mass is 127. The van der Waals surface area contributed by atoms with E-state index in [1.165, 1.54) is 18.2 Å². The molecule has 1 aromatic heterocycles. The van der Waals surface area contributed by atoms with Crippen LogP contribution >= 0.6 is 35.3 Å². The fourth-order valence-corrected chi connectivity index (χ4v) is 4.30. The Kier molecular flexibility index (Phi) is 8.19. The van der Waals surface area contributed by atoms with E-state index in [-0.39, 0.29) is 35.7 Å². The number of nitrogens with one attached hydrogen (secondary N) is 2. The van der Waals surface area contributed by atoms with Crippen LogP contribution < -0.4 is 15.5 Å². The Morgan fingerprint density at radius 1 is 1.16 bits per heavy atom. The highest BCUT2D eigenvalue weighted by molar-refractivity contribution is 14.0. The van der Waals surface area contributed by atoms with Gasteiger partial charge >= 0.3 is 0 Å². The van der Waals surface area contributed by atoms with Crippen LogP contribution in [0.3, 0.4) is 0 Å². The summed E-state index contributed by atoms with van der Waals surface area (Å²) in [4.78, 5) is 10.7. The molecular formula is C22H24F2IN5S. The predicted octanol–water partition coefficient (Wildman–Crippen LogP) is 4.65. The summed E-state index contributed by atoms with van der Waals surface area (Å²) in [5, 5.41) is 9.62. The summed E-state index contributed by atoms with van der Waals surface area (Å²) in [6.45, 7) is 1.64. The van der Waals surface area contributed by atoms with Crippen molar-refractivity contribution in [3.8, 4) is 11.3 Å². The van der Waals surface area contributed by atoms with E-state index in [2.05, 4.69) is 20.6 Å². The summed E-state index contributed by atoms with van der Waals surface area (Å²) < 4.78 is 28.1. The molecule has 2 aromatic carbocycles. The molecule has 1 fully saturated rings. The Hall–Kier alpha value is -2.27. The molecule has 1 aliphatic rings. The number of aliphatic imine (C=N–C) groups is 1. The van der Waals surface area contributed by atoms with Crippen molar-refractivity contribution in [1.82, 2.24) is 15.6 Å². The van der Waals surface area contributed by atoms with Crippen molar-refractivity contribution in [2.45, 2.75) is 19.0 Å². The largest absolute Gasteiger partial charge is 0.365 e. The van der Waals surface area contributed by atoms with E-state index in [4.69, 9.17) is 0 Å². The Morgan fingerprint density at radius 3 is 2.61 bits per heavy atom. The number of guanidine groups is 1. The summed E-state index contributed by atoms with van der Waals surface area (Å²) in [6.07, 6.45) is 0.768. The third-order valence-corrected chi connectivity index (χ3v) is 5.88. The van der Waals surface area contributed by atoms with Crippen LogP contribution in [0.2, 0.25) is 0 Å². The highest BCUT2D eigenvalue weighted by Gasteiger charge is 2.27. The number of thiazole rings is 1. The van der Waals surface area contributed by atoms with Gasteiger partial charge in [0.2, 0.25) is 0 Å². The lowest BCUT2D eigenvalue weighted by Crippen LogP contribution is -2.44. The maximum Gasteiger partial charge on any atom is 0.191 e. The Balaban J connectivity index is 0.00000272. The van der Waals surface area contributed by atoms with Gasteiger partial charge in [-0.1, -0.05) is 36.4 Å². The van der Waals surface area contributed by atoms with Gasteiger partial charge in [-0.15, -0.1) is 35.3 Å². The van der Waals surface area contributed by atoms with Gasteiger partial charge in [-0.2, -0.15) is 0 Å². The minimum Gasteiger partial charge on any atom is -0.365 e. The monoisotopic (exact) mass is 555 g/mol. The van der Waals surface area contributed by atoms with Gasteiger partial charge in [0.1, 0.15) is 22.3 Å². The lowest BCUT2D eigenvalue weighted by Gasteiger charge is -2.21. The molecule has 0 aliphatic carbocycles. The van der Waals surface area contributed by atoms with Gasteiger partial charge in [0.15, 0.2) is 5.96 Å². The molecule has 164 valence electrons. The van der Waals surface area contributed by atoms with Crippen molar-refractivity contribution < 1.29 is 8.78 Å². The van der Waals surface area contributed by atoms with Gasteiger partial charge in [0.25, 0.3) is 0 Å². The minimum absolute atomic E-state index is 0. The zero-order chi connectivity index (χ0) is 20.9. The van der Waals surface area contributed by atoms with Gasteiger partial charge in [0.05, 0.1) is 12.2 Å². The first kappa shape index (κ1) is 23.4. The normalized spacial score (nSPS) is 16.2. The number of aromatic nitrogens is 1. The maximum absolute atomic E-state index is 14.0. The van der Waals surface area contributed by atoms with Gasteiger partial charge in [-0.05, 0) is 18.6 Å². The molecular weight excluding hydrogens is 531 g/mol. The molecule has 1 atom stereocenters. The van der Waals surface area contributed by atoms with Gasteiger partial charge < -0.3 is 15.5 Å². The third kappa shape index (κ3) is 5.70. The molecule has 1 aliphatic heterocycles. The second-order valence-electron chi connectivity index (χ2n) is 7.06. The average Bonchev–Trinajstić information content (AvgIpc) is 3.41. The molecule has 0 saturated carbocycles. The van der Waals surface area contributed by atoms with E-state index >= 15 is 0 Å². The quantitative estimate of drug-likeness (QED) is 0.274. The van der Waals surface area contributed by atoms with Crippen LogP contribution in [0, 0.1) is 11.6 Å². The van der Waals surface area contributed by atoms with Crippen LogP contribution in [0.25, 0.3) is 11.3 Å². The van der Waals surface area contributed by atoms with Crippen molar-refractivity contribution in [1.29, 1.82) is 0 Å². The van der Waals surface area contributed by atoms with Crippen LogP contribution in [0.4, 0.5) is 14.5 Å². The molecule has 1 saturated heterocycles. The van der Waals surface area contributed by atoms with E-state index in [1.807, 2.05) is 35.7 Å². The van der Waals surface area contributed by atoms with Gasteiger partial charge in [-0.25, -0.2) is 13.8 Å². The van der Waals surface area contributed by atoms with Crippen molar-refractivity contribution in [3.05, 3.63) is 70.6 Å². The van der Waals surface area contributed by atoms with E-state index in [9.17, 15) is 8.78 Å². The summed E-state index contributed by atoms with van der Waals surface area (Å²) in [7, 11) is 1.70. The SMILES string of the molecule is CN=C(NCc1nc(-c2ccccc2)cs1)NC1CCN(c2c(F)cccc2F)C1.I. The Bertz CT molecular complexity index is 1010. The van der Waals surface area contributed by atoms with Crippen LogP contribution in [0.1, 0.15) is 11.4 Å². The molecule has 2 N–H and O–H groups in total. The van der Waals surface area contributed by atoms with Crippen molar-refractivity contribution >= 4 is 47.0 Å². The number of para-hydroxylation sites is 1. The smallest absolute Gasteiger partial charge is 0.191 e. The summed E-state index contributed by atoms with van der Waals surface area (Å²) in [5.41, 5.74) is 2.09. The zero-order valence-corrected chi connectivity index (χ0v) is 20.2. The van der Waals surface area contributed by atoms with E-state index in [0.717, 1.165) is 22.7 Å². The maximum atomic E-state index is 14.0. The third-order valence-electron chi connectivity index (χ3n) is 5.03. The number of halogens is 3. The molecule has 0 spiro atoms. The summed E-state index contributed by atoms with van der Waals surface area (Å²) >= 11 is 1.59. The fourth-order valence-electron chi connectivity index (χ4n) is 3.55. The topological polar surface area (TPSA) is 52.6 Å². The van der Waals surface area contributed by atoms with Crippen molar-refractivity contribution in [3.63, 3.8) is 0 Å². The molecule has 9 heteroatoms. The van der Waals surface area contributed by atoms with Crippen molar-refractivity contribution in [2.75, 3.05) is 25.0 Å². The highest BCUT2D eigenvalue weighted by Crippen LogP contribution is 2.26. The van der Waals surface area contributed by atoms with Crippen LogP contribution in [0.5, 0.6) is 0 Å². The number of hydrogen-bond acceptors (Lipinski definition) is 4. The molecule has 1 unspecified atom stereocenters. The lowest BCUT2D eigenvalue weighted by molar-refractivity contribution is 0.576. The predicted molar refractivity (Wildman–Crippen MR) is 133 cm³/mol. The van der Waals surface area contributed by atoms with Crippen LogP contribution in [0.15, 0.2) is 58.9 Å². The average molecular weight is 555 g/mol. The van der Waals surface area contributed by atoms with Crippen molar-refractivity contribution in [2.24, 2.45) is 4.99 Å². The molecule has 2 heterocycles. The fraction of sp³-hybridized carbons (Fsp3) is 0.273. The number of nitrogens with zero attached hydrogens (tertiary/aromatic N) is 3. The van der Waals surface area contributed by atoms with E-state index in [1.54, 1.807) is 23.3 Å². The lowest BCUT2D eigenvalue weighted by atomic mass is 10.2. The molecule has 5 nitrogen and oxygen atoms in total. The molecule has 31 heavy (non-hydrogen) atoms.